The van der Waals surface area contributed by atoms with Crippen molar-refractivity contribution in [2.75, 3.05) is 13.1 Å². The van der Waals surface area contributed by atoms with Crippen LogP contribution in [0.4, 0.5) is 0 Å². The molecular formula is C16H28ClN5O. The van der Waals surface area contributed by atoms with Gasteiger partial charge in [-0.15, -0.1) is 12.4 Å². The number of H-pyrrole nitrogens is 1. The second-order valence-corrected chi connectivity index (χ2v) is 6.89. The third-order valence-electron chi connectivity index (χ3n) is 5.12. The molecule has 130 valence electrons. The van der Waals surface area contributed by atoms with Crippen LogP contribution in [0.1, 0.15) is 69.4 Å². The molecule has 7 heteroatoms. The number of rotatable bonds is 5. The molecule has 6 nitrogen and oxygen atoms in total. The molecule has 1 aliphatic heterocycles. The van der Waals surface area contributed by atoms with Crippen molar-refractivity contribution in [3.05, 3.63) is 11.6 Å². The average Bonchev–Trinajstić information content (AvgIpc) is 3.30. The Labute approximate surface area is 144 Å². The lowest BCUT2D eigenvalue weighted by atomic mass is 9.94. The number of aromatic amines is 1. The Morgan fingerprint density at radius 1 is 1.39 bits per heavy atom. The molecule has 3 atom stereocenters. The summed E-state index contributed by atoms with van der Waals surface area (Å²) in [6.45, 7) is 5.62. The van der Waals surface area contributed by atoms with Crippen molar-refractivity contribution in [1.29, 1.82) is 0 Å². The summed E-state index contributed by atoms with van der Waals surface area (Å²) in [4.78, 5) is 19.1. The summed E-state index contributed by atoms with van der Waals surface area (Å²) in [5.41, 5.74) is 6.11. The van der Waals surface area contributed by atoms with Crippen LogP contribution in [-0.4, -0.2) is 45.1 Å². The zero-order chi connectivity index (χ0) is 15.7. The number of carbonyl (C=O) groups is 1. The van der Waals surface area contributed by atoms with Crippen molar-refractivity contribution in [1.82, 2.24) is 20.1 Å². The van der Waals surface area contributed by atoms with Crippen molar-refractivity contribution >= 4 is 18.3 Å². The van der Waals surface area contributed by atoms with Crippen LogP contribution < -0.4 is 5.73 Å². The Kier molecular flexibility index (Phi) is 6.03. The van der Waals surface area contributed by atoms with Crippen LogP contribution in [-0.2, 0) is 4.79 Å². The molecule has 3 rings (SSSR count). The molecule has 2 aliphatic rings. The maximum absolute atomic E-state index is 12.6. The van der Waals surface area contributed by atoms with Crippen molar-refractivity contribution in [3.8, 4) is 0 Å². The smallest absolute Gasteiger partial charge is 0.239 e. The van der Waals surface area contributed by atoms with Crippen LogP contribution in [0.5, 0.6) is 0 Å². The molecule has 1 aliphatic carbocycles. The van der Waals surface area contributed by atoms with Gasteiger partial charge in [0.25, 0.3) is 0 Å². The molecule has 1 aromatic heterocycles. The van der Waals surface area contributed by atoms with Gasteiger partial charge in [-0.05, 0) is 31.6 Å². The second-order valence-electron chi connectivity index (χ2n) is 6.89. The van der Waals surface area contributed by atoms with E-state index >= 15 is 0 Å². The summed E-state index contributed by atoms with van der Waals surface area (Å²) in [7, 11) is 0. The Bertz CT molecular complexity index is 530. The first-order valence-electron chi connectivity index (χ1n) is 8.56. The molecule has 1 saturated carbocycles. The fraction of sp³-hybridized carbons (Fsp3) is 0.812. The van der Waals surface area contributed by atoms with E-state index in [0.29, 0.717) is 12.5 Å². The molecule has 0 bridgehead atoms. The number of nitrogens with one attached hydrogen (secondary N) is 1. The van der Waals surface area contributed by atoms with Crippen LogP contribution in [0.3, 0.4) is 0 Å². The van der Waals surface area contributed by atoms with Crippen molar-refractivity contribution in [2.45, 2.75) is 63.8 Å². The molecule has 3 N–H and O–H groups in total. The molecule has 2 fully saturated rings. The fourth-order valence-electron chi connectivity index (χ4n) is 3.11. The van der Waals surface area contributed by atoms with Gasteiger partial charge in [-0.2, -0.15) is 5.10 Å². The van der Waals surface area contributed by atoms with E-state index in [1.807, 2.05) is 11.8 Å². The van der Waals surface area contributed by atoms with Gasteiger partial charge in [-0.3, -0.25) is 9.89 Å². The van der Waals surface area contributed by atoms with Gasteiger partial charge in [0, 0.05) is 24.9 Å². The number of hydrogen-bond acceptors (Lipinski definition) is 4. The lowest BCUT2D eigenvalue weighted by molar-refractivity contribution is -0.135. The second kappa shape index (κ2) is 7.62. The van der Waals surface area contributed by atoms with Gasteiger partial charge in [-0.1, -0.05) is 20.3 Å². The van der Waals surface area contributed by atoms with Crippen LogP contribution >= 0.6 is 12.4 Å². The minimum absolute atomic E-state index is 0. The molecular weight excluding hydrogens is 314 g/mol. The third kappa shape index (κ3) is 4.04. The van der Waals surface area contributed by atoms with Crippen LogP contribution in [0.15, 0.2) is 0 Å². The van der Waals surface area contributed by atoms with E-state index in [-0.39, 0.29) is 30.2 Å². The minimum atomic E-state index is -0.391. The zero-order valence-corrected chi connectivity index (χ0v) is 14.8. The number of halogens is 1. The number of carbonyl (C=O) groups excluding carboxylic acids is 1. The van der Waals surface area contributed by atoms with E-state index in [4.69, 9.17) is 5.73 Å². The lowest BCUT2D eigenvalue weighted by Gasteiger charge is -2.34. The first-order chi connectivity index (χ1) is 10.6. The third-order valence-corrected chi connectivity index (χ3v) is 5.12. The lowest BCUT2D eigenvalue weighted by Crippen LogP contribution is -2.50. The fourth-order valence-corrected chi connectivity index (χ4v) is 3.11. The predicted octanol–water partition coefficient (Wildman–Crippen LogP) is 2.18. The van der Waals surface area contributed by atoms with E-state index in [0.717, 1.165) is 37.5 Å². The van der Waals surface area contributed by atoms with E-state index in [1.165, 1.54) is 12.8 Å². The van der Waals surface area contributed by atoms with Gasteiger partial charge in [0.05, 0.1) is 6.04 Å². The minimum Gasteiger partial charge on any atom is -0.341 e. The van der Waals surface area contributed by atoms with Crippen molar-refractivity contribution in [2.24, 2.45) is 11.7 Å². The molecule has 0 radical (unpaired) electrons. The highest BCUT2D eigenvalue weighted by Crippen LogP contribution is 2.38. The van der Waals surface area contributed by atoms with E-state index in [9.17, 15) is 4.79 Å². The first kappa shape index (κ1) is 18.2. The van der Waals surface area contributed by atoms with Crippen LogP contribution in [0.2, 0.25) is 0 Å². The summed E-state index contributed by atoms with van der Waals surface area (Å²) < 4.78 is 0. The Morgan fingerprint density at radius 2 is 2.13 bits per heavy atom. The molecule has 2 heterocycles. The van der Waals surface area contributed by atoms with Gasteiger partial charge < -0.3 is 10.6 Å². The van der Waals surface area contributed by atoms with E-state index in [2.05, 4.69) is 22.1 Å². The Hall–Kier alpha value is -1.14. The molecule has 23 heavy (non-hydrogen) atoms. The highest BCUT2D eigenvalue weighted by Gasteiger charge is 2.33. The maximum Gasteiger partial charge on any atom is 0.239 e. The monoisotopic (exact) mass is 341 g/mol. The molecule has 0 spiro atoms. The number of likely N-dealkylation sites (tertiary alicyclic amines) is 1. The maximum atomic E-state index is 12.6. The van der Waals surface area contributed by atoms with E-state index < -0.39 is 6.04 Å². The van der Waals surface area contributed by atoms with E-state index in [1.54, 1.807) is 0 Å². The number of piperidine rings is 1. The summed E-state index contributed by atoms with van der Waals surface area (Å²) in [6, 6.07) is -0.391. The molecule has 3 unspecified atom stereocenters. The number of hydrogen-bond donors (Lipinski definition) is 2. The van der Waals surface area contributed by atoms with Gasteiger partial charge in [0.15, 0.2) is 5.82 Å². The van der Waals surface area contributed by atoms with Crippen molar-refractivity contribution in [3.63, 3.8) is 0 Å². The van der Waals surface area contributed by atoms with Gasteiger partial charge in [0.2, 0.25) is 5.91 Å². The van der Waals surface area contributed by atoms with Crippen molar-refractivity contribution < 1.29 is 4.79 Å². The summed E-state index contributed by atoms with van der Waals surface area (Å²) in [6.07, 6.45) is 5.40. The number of aromatic nitrogens is 3. The summed E-state index contributed by atoms with van der Waals surface area (Å²) in [5, 5.41) is 7.46. The summed E-state index contributed by atoms with van der Waals surface area (Å²) >= 11 is 0. The van der Waals surface area contributed by atoms with Gasteiger partial charge in [0.1, 0.15) is 5.82 Å². The Balaban J connectivity index is 0.00000192. The Morgan fingerprint density at radius 3 is 2.78 bits per heavy atom. The highest BCUT2D eigenvalue weighted by molar-refractivity contribution is 5.85. The van der Waals surface area contributed by atoms with Gasteiger partial charge in [-0.25, -0.2) is 4.98 Å². The average molecular weight is 342 g/mol. The number of nitrogens with zero attached hydrogens (tertiary/aromatic N) is 3. The topological polar surface area (TPSA) is 87.9 Å². The molecule has 1 aromatic rings. The normalized spacial score (nSPS) is 24.0. The first-order valence-corrected chi connectivity index (χ1v) is 8.56. The predicted molar refractivity (Wildman–Crippen MR) is 91.6 cm³/mol. The highest BCUT2D eigenvalue weighted by atomic mass is 35.5. The van der Waals surface area contributed by atoms with Gasteiger partial charge >= 0.3 is 0 Å². The van der Waals surface area contributed by atoms with Crippen LogP contribution in [0, 0.1) is 5.92 Å². The number of nitrogens with two attached hydrogens (primary N) is 1. The molecule has 1 amide bonds. The number of amides is 1. The molecule has 0 aromatic carbocycles. The van der Waals surface area contributed by atoms with Crippen LogP contribution in [0.25, 0.3) is 0 Å². The largest absolute Gasteiger partial charge is 0.341 e. The summed E-state index contributed by atoms with van der Waals surface area (Å²) in [5.74, 6) is 3.02. The standard InChI is InChI=1S/C16H27N5O.ClH/c1-3-10(2)13(17)16(22)21-8-4-5-12(9-21)15-18-14(19-20-15)11-6-7-11;/h10-13H,3-9,17H2,1-2H3,(H,18,19,20);1H. The quantitative estimate of drug-likeness (QED) is 0.859. The zero-order valence-electron chi connectivity index (χ0n) is 14.0. The SMILES string of the molecule is CCC(C)C(N)C(=O)N1CCCC(c2n[nH]c(C3CC3)n2)C1.Cl. The molecule has 1 saturated heterocycles.